The summed E-state index contributed by atoms with van der Waals surface area (Å²) in [6, 6.07) is -0.0110. The largest absolute Gasteiger partial charge is 0.481 e. The first-order valence-electron chi connectivity index (χ1n) is 16.1. The summed E-state index contributed by atoms with van der Waals surface area (Å²) in [4.78, 5) is 22.9. The van der Waals surface area contributed by atoms with Crippen LogP contribution >= 0.6 is 0 Å². The molecule has 1 saturated heterocycles. The van der Waals surface area contributed by atoms with E-state index in [1.807, 2.05) is 42.5 Å². The van der Waals surface area contributed by atoms with Gasteiger partial charge in [0.2, 0.25) is 5.91 Å². The second kappa shape index (κ2) is 22.4. The van der Waals surface area contributed by atoms with Gasteiger partial charge in [-0.3, -0.25) is 9.59 Å². The molecule has 0 aliphatic carbocycles. The van der Waals surface area contributed by atoms with Crippen LogP contribution in [0, 0.1) is 0 Å². The molecular weight excluding hydrogens is 509 g/mol. The van der Waals surface area contributed by atoms with Crippen molar-refractivity contribution < 1.29 is 33.6 Å². The lowest BCUT2D eigenvalue weighted by Gasteiger charge is -2.27. The minimum atomic E-state index is -0.685. The average Bonchev–Trinajstić information content (AvgIpc) is 3.16. The van der Waals surface area contributed by atoms with E-state index in [2.05, 4.69) is 5.32 Å². The average molecular weight is 570 g/mol. The Labute approximate surface area is 245 Å². The number of aliphatic carboxylic acids is 1. The van der Waals surface area contributed by atoms with Crippen LogP contribution in [0.2, 0.25) is 0 Å². The number of hydrogen-bond donors (Lipinski definition) is 2. The van der Waals surface area contributed by atoms with Crippen molar-refractivity contribution in [2.75, 3.05) is 13.2 Å². The number of hydrogen-bond acceptors (Lipinski definition) is 6. The second-order valence-corrected chi connectivity index (χ2v) is 12.1. The monoisotopic (exact) mass is 569 g/mol. The van der Waals surface area contributed by atoms with Gasteiger partial charge in [0.05, 0.1) is 24.8 Å². The lowest BCUT2D eigenvalue weighted by Crippen LogP contribution is -2.42. The summed E-state index contributed by atoms with van der Waals surface area (Å²) < 4.78 is 24.3. The van der Waals surface area contributed by atoms with E-state index < -0.39 is 5.97 Å². The van der Waals surface area contributed by atoms with Crippen LogP contribution in [0.3, 0.4) is 0 Å². The fraction of sp³-hybridized carbons (Fsp3) is 0.935. The van der Waals surface area contributed by atoms with E-state index >= 15 is 0 Å². The number of carboxylic acid groups (broad SMARTS) is 1. The standard InChI is InChI=1S/C31H60BNO7/c1-23(2)38-22-26-29(39-24(3)4)30(31(32)40-26)37-21-20-25(5)33-27(34)18-16-14-12-10-8-6-7-9-11-13-15-17-19-28(35)36/h23-26,29-31H,6-22,32H2,1-5H3,(H,33,34)(H,35,36)/t25?,26-,29?,30+,31-/m1/s1. The smallest absolute Gasteiger partial charge is 0.303 e. The normalized spacial score (nSPS) is 21.8. The van der Waals surface area contributed by atoms with Gasteiger partial charge in [0.25, 0.3) is 0 Å². The van der Waals surface area contributed by atoms with Gasteiger partial charge in [-0.15, -0.1) is 0 Å². The minimum absolute atomic E-state index is 0.0619. The van der Waals surface area contributed by atoms with Crippen LogP contribution in [0.4, 0.5) is 0 Å². The third-order valence-corrected chi connectivity index (χ3v) is 7.38. The molecule has 5 atom stereocenters. The Morgan fingerprint density at radius 2 is 1.32 bits per heavy atom. The zero-order valence-corrected chi connectivity index (χ0v) is 26.5. The molecule has 1 fully saturated rings. The highest BCUT2D eigenvalue weighted by molar-refractivity contribution is 6.11. The number of unbranched alkanes of at least 4 members (excludes halogenated alkanes) is 11. The Hall–Kier alpha value is -1.16. The highest BCUT2D eigenvalue weighted by atomic mass is 16.6. The Bertz CT molecular complexity index is 664. The van der Waals surface area contributed by atoms with E-state index in [0.29, 0.717) is 26.1 Å². The maximum absolute atomic E-state index is 12.4. The topological polar surface area (TPSA) is 103 Å². The number of carbonyl (C=O) groups is 2. The van der Waals surface area contributed by atoms with Gasteiger partial charge in [0, 0.05) is 25.5 Å². The number of carbonyl (C=O) groups excluding carboxylic acids is 1. The van der Waals surface area contributed by atoms with E-state index in [0.717, 1.165) is 38.5 Å². The number of rotatable bonds is 25. The molecule has 1 heterocycles. The van der Waals surface area contributed by atoms with Crippen LogP contribution in [-0.4, -0.2) is 80.6 Å². The van der Waals surface area contributed by atoms with Crippen molar-refractivity contribution >= 4 is 19.7 Å². The lowest BCUT2D eigenvalue weighted by molar-refractivity contribution is -0.137. The van der Waals surface area contributed by atoms with E-state index in [9.17, 15) is 9.59 Å². The summed E-state index contributed by atoms with van der Waals surface area (Å²) >= 11 is 0. The quantitative estimate of drug-likeness (QED) is 0.112. The first-order chi connectivity index (χ1) is 19.1. The summed E-state index contributed by atoms with van der Waals surface area (Å²) in [5, 5.41) is 11.8. The van der Waals surface area contributed by atoms with E-state index in [1.165, 1.54) is 44.9 Å². The third-order valence-electron chi connectivity index (χ3n) is 7.38. The van der Waals surface area contributed by atoms with Crippen molar-refractivity contribution in [1.29, 1.82) is 0 Å². The molecule has 1 amide bonds. The Morgan fingerprint density at radius 1 is 0.800 bits per heavy atom. The molecule has 1 aliphatic rings. The molecule has 0 saturated carbocycles. The zero-order valence-electron chi connectivity index (χ0n) is 26.5. The zero-order chi connectivity index (χ0) is 29.8. The van der Waals surface area contributed by atoms with E-state index in [1.54, 1.807) is 0 Å². The van der Waals surface area contributed by atoms with E-state index in [4.69, 9.17) is 24.1 Å². The van der Waals surface area contributed by atoms with Crippen LogP contribution in [0.1, 0.15) is 131 Å². The minimum Gasteiger partial charge on any atom is -0.481 e. The molecule has 40 heavy (non-hydrogen) atoms. The van der Waals surface area contributed by atoms with Crippen molar-refractivity contribution in [2.24, 2.45) is 0 Å². The van der Waals surface area contributed by atoms with Crippen LogP contribution < -0.4 is 5.32 Å². The molecule has 0 radical (unpaired) electrons. The molecule has 1 aliphatic heterocycles. The number of amides is 1. The molecular formula is C31H60BNO7. The van der Waals surface area contributed by atoms with Crippen molar-refractivity contribution in [1.82, 2.24) is 5.32 Å². The molecule has 0 spiro atoms. The number of ether oxygens (including phenoxy) is 4. The Balaban J connectivity index is 2.08. The summed E-state index contributed by atoms with van der Waals surface area (Å²) in [5.41, 5.74) is 0. The molecule has 0 bridgehead atoms. The second-order valence-electron chi connectivity index (χ2n) is 12.1. The van der Waals surface area contributed by atoms with Crippen LogP contribution in [0.25, 0.3) is 0 Å². The lowest BCUT2D eigenvalue weighted by atomic mass is 9.92. The summed E-state index contributed by atoms with van der Waals surface area (Å²) in [6.45, 7) is 11.2. The van der Waals surface area contributed by atoms with Gasteiger partial charge in [0.1, 0.15) is 26.2 Å². The van der Waals surface area contributed by atoms with Gasteiger partial charge in [-0.1, -0.05) is 64.2 Å². The Kier molecular flexibility index (Phi) is 20.7. The fourth-order valence-electron chi connectivity index (χ4n) is 5.17. The van der Waals surface area contributed by atoms with Crippen molar-refractivity contribution in [2.45, 2.75) is 173 Å². The molecule has 2 N–H and O–H groups in total. The first-order valence-corrected chi connectivity index (χ1v) is 16.1. The molecule has 2 unspecified atom stereocenters. The van der Waals surface area contributed by atoms with Crippen molar-refractivity contribution in [3.8, 4) is 0 Å². The maximum Gasteiger partial charge on any atom is 0.303 e. The van der Waals surface area contributed by atoms with Gasteiger partial charge in [-0.05, 0) is 53.9 Å². The van der Waals surface area contributed by atoms with Gasteiger partial charge in [-0.25, -0.2) is 0 Å². The fourth-order valence-corrected chi connectivity index (χ4v) is 5.17. The number of carboxylic acids is 1. The molecule has 0 aromatic rings. The van der Waals surface area contributed by atoms with Gasteiger partial charge in [-0.2, -0.15) is 0 Å². The molecule has 8 nitrogen and oxygen atoms in total. The van der Waals surface area contributed by atoms with E-state index in [-0.39, 0.29) is 48.5 Å². The highest BCUT2D eigenvalue weighted by Gasteiger charge is 2.44. The summed E-state index contributed by atoms with van der Waals surface area (Å²) in [6.07, 6.45) is 15.1. The van der Waals surface area contributed by atoms with Crippen LogP contribution in [-0.2, 0) is 28.5 Å². The van der Waals surface area contributed by atoms with Gasteiger partial charge < -0.3 is 29.4 Å². The molecule has 0 aromatic carbocycles. The summed E-state index contributed by atoms with van der Waals surface area (Å²) in [5.74, 6) is -0.560. The Morgan fingerprint density at radius 3 is 1.82 bits per heavy atom. The number of nitrogens with one attached hydrogen (secondary N) is 1. The molecule has 1 rings (SSSR count). The summed E-state index contributed by atoms with van der Waals surface area (Å²) in [7, 11) is 2.03. The van der Waals surface area contributed by atoms with Crippen molar-refractivity contribution in [3.05, 3.63) is 0 Å². The molecule has 234 valence electrons. The maximum atomic E-state index is 12.4. The molecule has 9 heteroatoms. The molecule has 0 aromatic heterocycles. The predicted octanol–water partition coefficient (Wildman–Crippen LogP) is 5.39. The predicted molar refractivity (Wildman–Crippen MR) is 163 cm³/mol. The van der Waals surface area contributed by atoms with Crippen LogP contribution in [0.5, 0.6) is 0 Å². The van der Waals surface area contributed by atoms with Crippen LogP contribution in [0.15, 0.2) is 0 Å². The third kappa shape index (κ3) is 18.3. The van der Waals surface area contributed by atoms with Crippen molar-refractivity contribution in [3.63, 3.8) is 0 Å². The highest BCUT2D eigenvalue weighted by Crippen LogP contribution is 2.27. The van der Waals surface area contributed by atoms with Gasteiger partial charge in [0.15, 0.2) is 0 Å². The van der Waals surface area contributed by atoms with Gasteiger partial charge >= 0.3 is 5.97 Å². The first kappa shape index (κ1) is 36.9. The SMILES string of the molecule is B[C@@H]1O[C@H](COC(C)C)C(OC(C)C)[C@@H]1OCCC(C)NC(=O)CCCCCCCCCCCCCCC(=O)O.